The van der Waals surface area contributed by atoms with Crippen molar-refractivity contribution in [1.82, 2.24) is 14.4 Å². The maximum atomic E-state index is 5.89. The Morgan fingerprint density at radius 3 is 3.00 bits per heavy atom. The number of nitrogens with zero attached hydrogens (tertiary/aromatic N) is 3. The van der Waals surface area contributed by atoms with E-state index >= 15 is 0 Å². The first-order chi connectivity index (χ1) is 9.54. The van der Waals surface area contributed by atoms with Gasteiger partial charge in [-0.2, -0.15) is 0 Å². The molecule has 3 heterocycles. The fourth-order valence-electron chi connectivity index (χ4n) is 2.03. The zero-order valence-corrected chi connectivity index (χ0v) is 14.1. The van der Waals surface area contributed by atoms with Crippen molar-refractivity contribution in [2.75, 3.05) is 5.32 Å². The zero-order chi connectivity index (χ0) is 14.3. The Morgan fingerprint density at radius 2 is 2.25 bits per heavy atom. The molecule has 20 heavy (non-hydrogen) atoms. The number of anilines is 1. The van der Waals surface area contributed by atoms with Crippen molar-refractivity contribution >= 4 is 49.5 Å². The fraction of sp³-hybridized carbons (Fsp3) is 0.231. The zero-order valence-electron chi connectivity index (χ0n) is 10.9. The number of fused-ring (bicyclic) bond motifs is 1. The van der Waals surface area contributed by atoms with Crippen LogP contribution in [0, 0.1) is 13.8 Å². The van der Waals surface area contributed by atoms with Gasteiger partial charge in [-0.15, -0.1) is 11.3 Å². The van der Waals surface area contributed by atoms with Crippen LogP contribution >= 0.6 is 38.9 Å². The van der Waals surface area contributed by atoms with Gasteiger partial charge in [-0.25, -0.2) is 9.97 Å². The highest BCUT2D eigenvalue weighted by Gasteiger charge is 2.11. The molecule has 0 fully saturated rings. The number of halogens is 2. The van der Waals surface area contributed by atoms with Gasteiger partial charge in [-0.05, 0) is 35.8 Å². The molecule has 0 saturated heterocycles. The van der Waals surface area contributed by atoms with Gasteiger partial charge in [0.2, 0.25) is 0 Å². The molecular weight excluding hydrogens is 360 g/mol. The van der Waals surface area contributed by atoms with E-state index in [2.05, 4.69) is 48.7 Å². The summed E-state index contributed by atoms with van der Waals surface area (Å²) in [6.07, 6.45) is 3.84. The molecule has 7 heteroatoms. The van der Waals surface area contributed by atoms with E-state index in [1.165, 1.54) is 4.88 Å². The average molecular weight is 372 g/mol. The summed E-state index contributed by atoms with van der Waals surface area (Å²) in [6.45, 7) is 4.81. The number of thiazole rings is 1. The van der Waals surface area contributed by atoms with Gasteiger partial charge >= 0.3 is 0 Å². The summed E-state index contributed by atoms with van der Waals surface area (Å²) >= 11 is 11.0. The van der Waals surface area contributed by atoms with Gasteiger partial charge in [0, 0.05) is 11.1 Å². The van der Waals surface area contributed by atoms with Gasteiger partial charge < -0.3 is 5.32 Å². The molecular formula is C13H12BrClN4S. The van der Waals surface area contributed by atoms with Crippen LogP contribution in [0.3, 0.4) is 0 Å². The summed E-state index contributed by atoms with van der Waals surface area (Å²) in [6, 6.07) is 1.92. The van der Waals surface area contributed by atoms with Crippen molar-refractivity contribution in [2.45, 2.75) is 20.4 Å². The SMILES string of the molecule is Cc1cn2c(CNc3cnc(Cl)c(Br)c3)c(C)nc2s1. The molecule has 0 radical (unpaired) electrons. The summed E-state index contributed by atoms with van der Waals surface area (Å²) in [5, 5.41) is 3.81. The normalized spacial score (nSPS) is 11.2. The van der Waals surface area contributed by atoms with E-state index in [4.69, 9.17) is 11.6 Å². The van der Waals surface area contributed by atoms with E-state index in [1.54, 1.807) is 17.5 Å². The summed E-state index contributed by atoms with van der Waals surface area (Å²) in [7, 11) is 0. The second-order valence-corrected chi connectivity index (χ2v) is 6.91. The smallest absolute Gasteiger partial charge is 0.194 e. The van der Waals surface area contributed by atoms with Crippen LogP contribution in [0.2, 0.25) is 5.15 Å². The quantitative estimate of drug-likeness (QED) is 0.692. The molecule has 1 N–H and O–H groups in total. The Hall–Kier alpha value is -1.11. The van der Waals surface area contributed by atoms with E-state index in [9.17, 15) is 0 Å². The number of pyridine rings is 1. The molecule has 0 aliphatic carbocycles. The molecule has 0 amide bonds. The third kappa shape index (κ3) is 2.55. The average Bonchev–Trinajstić information content (AvgIpc) is 2.87. The van der Waals surface area contributed by atoms with E-state index in [0.29, 0.717) is 11.7 Å². The number of hydrogen-bond acceptors (Lipinski definition) is 4. The number of aryl methyl sites for hydroxylation is 2. The van der Waals surface area contributed by atoms with Gasteiger partial charge in [0.15, 0.2) is 4.96 Å². The maximum absolute atomic E-state index is 5.89. The third-order valence-electron chi connectivity index (χ3n) is 3.00. The molecule has 0 aliphatic heterocycles. The highest BCUT2D eigenvalue weighted by Crippen LogP contribution is 2.24. The predicted molar refractivity (Wildman–Crippen MR) is 86.8 cm³/mol. The summed E-state index contributed by atoms with van der Waals surface area (Å²) in [5.74, 6) is 0. The first-order valence-electron chi connectivity index (χ1n) is 6.03. The van der Waals surface area contributed by atoms with Crippen molar-refractivity contribution in [1.29, 1.82) is 0 Å². The third-order valence-corrected chi connectivity index (χ3v) is 5.03. The van der Waals surface area contributed by atoms with Crippen molar-refractivity contribution in [3.63, 3.8) is 0 Å². The minimum atomic E-state index is 0.465. The summed E-state index contributed by atoms with van der Waals surface area (Å²) < 4.78 is 2.92. The van der Waals surface area contributed by atoms with Crippen molar-refractivity contribution in [3.8, 4) is 0 Å². The molecule has 3 rings (SSSR count). The van der Waals surface area contributed by atoms with Crippen LogP contribution in [0.25, 0.3) is 4.96 Å². The lowest BCUT2D eigenvalue weighted by Gasteiger charge is -2.07. The van der Waals surface area contributed by atoms with Crippen LogP contribution in [-0.2, 0) is 6.54 Å². The topological polar surface area (TPSA) is 42.2 Å². The van der Waals surface area contributed by atoms with Crippen LogP contribution in [0.1, 0.15) is 16.3 Å². The molecule has 0 saturated carbocycles. The largest absolute Gasteiger partial charge is 0.378 e. The van der Waals surface area contributed by atoms with E-state index in [1.807, 2.05) is 13.0 Å². The van der Waals surface area contributed by atoms with Crippen LogP contribution in [0.15, 0.2) is 22.9 Å². The highest BCUT2D eigenvalue weighted by molar-refractivity contribution is 9.10. The number of nitrogens with one attached hydrogen (secondary N) is 1. The molecule has 0 unspecified atom stereocenters. The molecule has 0 spiro atoms. The Labute approximate surface area is 134 Å². The van der Waals surface area contributed by atoms with E-state index in [0.717, 1.165) is 26.5 Å². The van der Waals surface area contributed by atoms with Crippen LogP contribution in [0.5, 0.6) is 0 Å². The molecule has 104 valence electrons. The number of hydrogen-bond donors (Lipinski definition) is 1. The molecule has 3 aromatic heterocycles. The Bertz CT molecular complexity index is 780. The van der Waals surface area contributed by atoms with Crippen molar-refractivity contribution < 1.29 is 0 Å². The van der Waals surface area contributed by atoms with Gasteiger partial charge in [0.25, 0.3) is 0 Å². The van der Waals surface area contributed by atoms with Gasteiger partial charge in [-0.3, -0.25) is 4.40 Å². The van der Waals surface area contributed by atoms with Gasteiger partial charge in [0.1, 0.15) is 5.15 Å². The van der Waals surface area contributed by atoms with Crippen LogP contribution in [-0.4, -0.2) is 14.4 Å². The standard InChI is InChI=1S/C13H12BrClN4S/c1-7-6-19-11(8(2)18-13(19)20-7)5-16-9-3-10(14)12(15)17-4-9/h3-4,6,16H,5H2,1-2H3. The minimum absolute atomic E-state index is 0.465. The molecule has 0 bridgehead atoms. The Balaban J connectivity index is 1.85. The highest BCUT2D eigenvalue weighted by atomic mass is 79.9. The molecule has 3 aromatic rings. The second kappa shape index (κ2) is 5.35. The number of imidazole rings is 1. The van der Waals surface area contributed by atoms with E-state index in [-0.39, 0.29) is 0 Å². The van der Waals surface area contributed by atoms with Crippen molar-refractivity contribution in [2.24, 2.45) is 0 Å². The van der Waals surface area contributed by atoms with Gasteiger partial charge in [0.05, 0.1) is 34.3 Å². The van der Waals surface area contributed by atoms with Crippen molar-refractivity contribution in [3.05, 3.63) is 44.4 Å². The lowest BCUT2D eigenvalue weighted by Crippen LogP contribution is -2.04. The second-order valence-electron chi connectivity index (χ2n) is 4.49. The molecule has 4 nitrogen and oxygen atoms in total. The minimum Gasteiger partial charge on any atom is -0.378 e. The summed E-state index contributed by atoms with van der Waals surface area (Å²) in [5.41, 5.74) is 3.13. The number of rotatable bonds is 3. The lowest BCUT2D eigenvalue weighted by atomic mass is 10.3. The molecule has 0 aromatic carbocycles. The molecule has 0 aliphatic rings. The monoisotopic (exact) mass is 370 g/mol. The fourth-order valence-corrected chi connectivity index (χ4v) is 3.37. The van der Waals surface area contributed by atoms with Crippen LogP contribution < -0.4 is 5.32 Å². The Kier molecular flexibility index (Phi) is 3.70. The predicted octanol–water partition coefficient (Wildman–Crippen LogP) is 4.44. The lowest BCUT2D eigenvalue weighted by molar-refractivity contribution is 0.989. The first kappa shape index (κ1) is 13.9. The summed E-state index contributed by atoms with van der Waals surface area (Å²) in [4.78, 5) is 11.0. The van der Waals surface area contributed by atoms with Gasteiger partial charge in [-0.1, -0.05) is 11.6 Å². The Morgan fingerprint density at radius 1 is 1.45 bits per heavy atom. The van der Waals surface area contributed by atoms with Crippen LogP contribution in [0.4, 0.5) is 5.69 Å². The first-order valence-corrected chi connectivity index (χ1v) is 8.02. The number of aromatic nitrogens is 3. The van der Waals surface area contributed by atoms with E-state index < -0.39 is 0 Å². The molecule has 0 atom stereocenters. The maximum Gasteiger partial charge on any atom is 0.194 e.